The van der Waals surface area contributed by atoms with Crippen molar-refractivity contribution < 1.29 is 4.79 Å². The van der Waals surface area contributed by atoms with Gasteiger partial charge in [0.15, 0.2) is 5.78 Å². The van der Waals surface area contributed by atoms with Crippen molar-refractivity contribution in [2.24, 2.45) is 5.73 Å². The molecule has 0 fully saturated rings. The highest BCUT2D eigenvalue weighted by Crippen LogP contribution is 2.18. The van der Waals surface area contributed by atoms with Crippen LogP contribution in [0.5, 0.6) is 0 Å². The number of carbonyl (C=O) groups is 1. The van der Waals surface area contributed by atoms with Gasteiger partial charge in [-0.25, -0.2) is 0 Å². The zero-order valence-electron chi connectivity index (χ0n) is 7.95. The van der Waals surface area contributed by atoms with Crippen LogP contribution in [0.1, 0.15) is 18.7 Å². The predicted octanol–water partition coefficient (Wildman–Crippen LogP) is 1.76. The molecule has 1 unspecified atom stereocenters. The minimum atomic E-state index is -0.539. The lowest BCUT2D eigenvalue weighted by Gasteiger charge is -2.03. The Morgan fingerprint density at radius 1 is 1.43 bits per heavy atom. The lowest BCUT2D eigenvalue weighted by molar-refractivity contribution is -0.118. The topological polar surface area (TPSA) is 58.9 Å². The van der Waals surface area contributed by atoms with E-state index in [0.29, 0.717) is 0 Å². The number of nitrogens with one attached hydrogen (secondary N) is 1. The van der Waals surface area contributed by atoms with Crippen LogP contribution in [-0.4, -0.2) is 10.8 Å². The predicted molar refractivity (Wildman–Crippen MR) is 55.9 cm³/mol. The highest BCUT2D eigenvalue weighted by Gasteiger charge is 2.12. The third-order valence-electron chi connectivity index (χ3n) is 2.32. The van der Waals surface area contributed by atoms with Gasteiger partial charge in [0.2, 0.25) is 0 Å². The van der Waals surface area contributed by atoms with E-state index in [1.165, 1.54) is 6.92 Å². The van der Waals surface area contributed by atoms with Crippen molar-refractivity contribution in [3.05, 3.63) is 36.0 Å². The maximum Gasteiger partial charge on any atom is 0.152 e. The normalized spacial score (nSPS) is 13.0. The number of H-pyrrole nitrogens is 1. The van der Waals surface area contributed by atoms with Gasteiger partial charge in [-0.15, -0.1) is 0 Å². The Morgan fingerprint density at radius 2 is 2.14 bits per heavy atom. The number of ketones is 1. The zero-order valence-corrected chi connectivity index (χ0v) is 7.95. The first kappa shape index (κ1) is 8.97. The van der Waals surface area contributed by atoms with Crippen LogP contribution in [0.2, 0.25) is 0 Å². The number of carbonyl (C=O) groups excluding carboxylic acids is 1. The lowest BCUT2D eigenvalue weighted by Crippen LogP contribution is -2.18. The molecule has 1 atom stereocenters. The quantitative estimate of drug-likeness (QED) is 0.754. The highest BCUT2D eigenvalue weighted by molar-refractivity contribution is 5.86. The Bertz CT molecular complexity index is 440. The summed E-state index contributed by atoms with van der Waals surface area (Å²) in [6.45, 7) is 1.50. The largest absolute Gasteiger partial charge is 0.357 e. The number of aromatic amines is 1. The van der Waals surface area contributed by atoms with Gasteiger partial charge in [0.1, 0.15) is 6.04 Å². The summed E-state index contributed by atoms with van der Waals surface area (Å²) in [5.74, 6) is -0.0310. The van der Waals surface area contributed by atoms with Crippen molar-refractivity contribution in [1.82, 2.24) is 4.98 Å². The molecule has 0 saturated heterocycles. The Labute approximate surface area is 81.9 Å². The number of nitrogens with two attached hydrogens (primary N) is 1. The molecule has 14 heavy (non-hydrogen) atoms. The van der Waals surface area contributed by atoms with Crippen molar-refractivity contribution >= 4 is 16.7 Å². The Kier molecular flexibility index (Phi) is 2.09. The standard InChI is InChI=1S/C11H12N2O/c1-7(14)11(12)10-6-8-4-2-3-5-9(8)13-10/h2-6,11,13H,12H2,1H3. The molecule has 0 radical (unpaired) electrons. The van der Waals surface area contributed by atoms with Gasteiger partial charge in [0, 0.05) is 11.2 Å². The van der Waals surface area contributed by atoms with Crippen LogP contribution in [0, 0.1) is 0 Å². The zero-order chi connectivity index (χ0) is 10.1. The molecule has 1 heterocycles. The van der Waals surface area contributed by atoms with Crippen LogP contribution in [0.3, 0.4) is 0 Å². The number of Topliss-reactive ketones (excluding diaryl/α,β-unsaturated/α-hetero) is 1. The number of benzene rings is 1. The molecule has 0 spiro atoms. The van der Waals surface area contributed by atoms with Crippen LogP contribution in [0.15, 0.2) is 30.3 Å². The Balaban J connectivity index is 2.50. The van der Waals surface area contributed by atoms with Gasteiger partial charge in [-0.3, -0.25) is 4.79 Å². The molecule has 0 aliphatic rings. The van der Waals surface area contributed by atoms with Crippen LogP contribution in [0.4, 0.5) is 0 Å². The number of hydrogen-bond acceptors (Lipinski definition) is 2. The summed E-state index contributed by atoms with van der Waals surface area (Å²) in [6, 6.07) is 9.23. The van der Waals surface area contributed by atoms with Crippen LogP contribution < -0.4 is 5.73 Å². The average molecular weight is 188 g/mol. The molecule has 72 valence electrons. The van der Waals surface area contributed by atoms with E-state index < -0.39 is 6.04 Å². The number of rotatable bonds is 2. The first-order valence-corrected chi connectivity index (χ1v) is 4.52. The third kappa shape index (κ3) is 1.42. The summed E-state index contributed by atoms with van der Waals surface area (Å²) in [7, 11) is 0. The number of hydrogen-bond donors (Lipinski definition) is 2. The van der Waals surface area contributed by atoms with E-state index in [-0.39, 0.29) is 5.78 Å². The van der Waals surface area contributed by atoms with Gasteiger partial charge >= 0.3 is 0 Å². The van der Waals surface area contributed by atoms with E-state index in [1.54, 1.807) is 0 Å². The molecule has 1 aromatic heterocycles. The Morgan fingerprint density at radius 3 is 2.79 bits per heavy atom. The first-order chi connectivity index (χ1) is 6.68. The molecule has 0 aliphatic heterocycles. The van der Waals surface area contributed by atoms with Gasteiger partial charge < -0.3 is 10.7 Å². The van der Waals surface area contributed by atoms with E-state index >= 15 is 0 Å². The van der Waals surface area contributed by atoms with Crippen molar-refractivity contribution in [2.45, 2.75) is 13.0 Å². The van der Waals surface area contributed by atoms with Gasteiger partial charge in [-0.2, -0.15) is 0 Å². The fourth-order valence-corrected chi connectivity index (χ4v) is 1.48. The van der Waals surface area contributed by atoms with Crippen molar-refractivity contribution in [3.63, 3.8) is 0 Å². The summed E-state index contributed by atoms with van der Waals surface area (Å²) in [5.41, 5.74) is 7.51. The summed E-state index contributed by atoms with van der Waals surface area (Å²) in [4.78, 5) is 14.2. The SMILES string of the molecule is CC(=O)C(N)c1cc2ccccc2[nH]1. The van der Waals surface area contributed by atoms with Crippen LogP contribution in [0.25, 0.3) is 10.9 Å². The summed E-state index contributed by atoms with van der Waals surface area (Å²) < 4.78 is 0. The van der Waals surface area contributed by atoms with E-state index in [0.717, 1.165) is 16.6 Å². The van der Waals surface area contributed by atoms with Crippen molar-refractivity contribution in [3.8, 4) is 0 Å². The average Bonchev–Trinajstić information content (AvgIpc) is 2.59. The van der Waals surface area contributed by atoms with E-state index in [4.69, 9.17) is 5.73 Å². The van der Waals surface area contributed by atoms with Crippen LogP contribution in [-0.2, 0) is 4.79 Å². The first-order valence-electron chi connectivity index (χ1n) is 4.52. The molecular formula is C11H12N2O. The fourth-order valence-electron chi connectivity index (χ4n) is 1.48. The second kappa shape index (κ2) is 3.27. The van der Waals surface area contributed by atoms with E-state index in [2.05, 4.69) is 4.98 Å². The molecular weight excluding hydrogens is 176 g/mol. The van der Waals surface area contributed by atoms with Gasteiger partial charge in [0.05, 0.1) is 0 Å². The monoisotopic (exact) mass is 188 g/mol. The number of para-hydroxylation sites is 1. The van der Waals surface area contributed by atoms with Gasteiger partial charge in [-0.1, -0.05) is 18.2 Å². The molecule has 1 aromatic carbocycles. The maximum atomic E-state index is 11.1. The molecule has 2 rings (SSSR count). The molecule has 0 bridgehead atoms. The fraction of sp³-hybridized carbons (Fsp3) is 0.182. The highest BCUT2D eigenvalue weighted by atomic mass is 16.1. The minimum Gasteiger partial charge on any atom is -0.357 e. The van der Waals surface area contributed by atoms with Crippen LogP contribution >= 0.6 is 0 Å². The summed E-state index contributed by atoms with van der Waals surface area (Å²) in [6.07, 6.45) is 0. The molecule has 2 aromatic rings. The maximum absolute atomic E-state index is 11.1. The third-order valence-corrected chi connectivity index (χ3v) is 2.32. The second-order valence-corrected chi connectivity index (χ2v) is 3.40. The smallest absolute Gasteiger partial charge is 0.152 e. The summed E-state index contributed by atoms with van der Waals surface area (Å²) in [5, 5.41) is 1.08. The molecule has 3 heteroatoms. The minimum absolute atomic E-state index is 0.0310. The molecule has 3 nitrogen and oxygen atoms in total. The molecule has 0 saturated carbocycles. The van der Waals surface area contributed by atoms with Gasteiger partial charge in [0.25, 0.3) is 0 Å². The Hall–Kier alpha value is -1.61. The van der Waals surface area contributed by atoms with Crippen molar-refractivity contribution in [2.75, 3.05) is 0 Å². The molecule has 0 amide bonds. The molecule has 0 aliphatic carbocycles. The van der Waals surface area contributed by atoms with Gasteiger partial charge in [-0.05, 0) is 24.4 Å². The summed E-state index contributed by atoms with van der Waals surface area (Å²) >= 11 is 0. The lowest BCUT2D eigenvalue weighted by atomic mass is 10.1. The van der Waals surface area contributed by atoms with Crippen molar-refractivity contribution in [1.29, 1.82) is 0 Å². The number of fused-ring (bicyclic) bond motifs is 1. The molecule has 3 N–H and O–H groups in total. The second-order valence-electron chi connectivity index (χ2n) is 3.40. The van der Waals surface area contributed by atoms with E-state index in [1.807, 2.05) is 30.3 Å². The van der Waals surface area contributed by atoms with E-state index in [9.17, 15) is 4.79 Å². The number of aromatic nitrogens is 1.